The van der Waals surface area contributed by atoms with Gasteiger partial charge in [0, 0.05) is 17.3 Å². The third-order valence-electron chi connectivity index (χ3n) is 2.29. The Bertz CT molecular complexity index is 549. The van der Waals surface area contributed by atoms with Crippen LogP contribution in [0.3, 0.4) is 0 Å². The second kappa shape index (κ2) is 6.02. The van der Waals surface area contributed by atoms with Crippen LogP contribution in [0.2, 0.25) is 5.02 Å². The van der Waals surface area contributed by atoms with E-state index in [9.17, 15) is 4.79 Å². The fourth-order valence-electron chi connectivity index (χ4n) is 1.41. The second-order valence-corrected chi connectivity index (χ2v) is 4.12. The molecule has 0 aliphatic heterocycles. The highest BCUT2D eigenvalue weighted by molar-refractivity contribution is 6.30. The Morgan fingerprint density at radius 1 is 1.44 bits per heavy atom. The number of nitrogens with one attached hydrogen (secondary N) is 2. The van der Waals surface area contributed by atoms with Crippen LogP contribution in [0.1, 0.15) is 11.3 Å². The highest BCUT2D eigenvalue weighted by atomic mass is 35.5. The molecule has 1 aromatic heterocycles. The van der Waals surface area contributed by atoms with Gasteiger partial charge >= 0.3 is 0 Å². The summed E-state index contributed by atoms with van der Waals surface area (Å²) in [7, 11) is 0. The Balaban J connectivity index is 1.87. The average Bonchev–Trinajstić information content (AvgIpc) is 2.87. The van der Waals surface area contributed by atoms with Crippen molar-refractivity contribution >= 4 is 23.6 Å². The molecule has 5 heteroatoms. The molecule has 4 nitrogen and oxygen atoms in total. The maximum Gasteiger partial charge on any atom is 0.244 e. The van der Waals surface area contributed by atoms with Gasteiger partial charge in [-0.15, -0.1) is 0 Å². The summed E-state index contributed by atoms with van der Waals surface area (Å²) in [6, 6.07) is 9.10. The number of aromatic nitrogens is 2. The summed E-state index contributed by atoms with van der Waals surface area (Å²) in [5, 5.41) is 9.95. The van der Waals surface area contributed by atoms with Gasteiger partial charge in [0.1, 0.15) is 0 Å². The van der Waals surface area contributed by atoms with E-state index in [1.54, 1.807) is 30.5 Å². The van der Waals surface area contributed by atoms with Gasteiger partial charge in [-0.05, 0) is 29.8 Å². The first-order valence-corrected chi connectivity index (χ1v) is 5.81. The number of carbonyl (C=O) groups excluding carboxylic acids is 1. The molecule has 2 N–H and O–H groups in total. The molecule has 1 heterocycles. The maximum absolute atomic E-state index is 11.5. The summed E-state index contributed by atoms with van der Waals surface area (Å²) in [6.45, 7) is 0.429. The Hall–Kier alpha value is -2.07. The molecular formula is C13H12ClN3O. The van der Waals surface area contributed by atoms with Gasteiger partial charge in [0.15, 0.2) is 0 Å². The number of halogens is 1. The number of hydrogen-bond donors (Lipinski definition) is 2. The Kier molecular flexibility index (Phi) is 4.15. The number of carbonyl (C=O) groups is 1. The predicted octanol–water partition coefficient (Wildman–Crippen LogP) is 2.39. The highest BCUT2D eigenvalue weighted by Crippen LogP contribution is 2.11. The average molecular weight is 262 g/mol. The number of amides is 1. The fourth-order valence-corrected chi connectivity index (χ4v) is 1.61. The zero-order valence-electron chi connectivity index (χ0n) is 9.56. The molecule has 18 heavy (non-hydrogen) atoms. The van der Waals surface area contributed by atoms with E-state index >= 15 is 0 Å². The van der Waals surface area contributed by atoms with Crippen molar-refractivity contribution in [3.05, 3.63) is 58.9 Å². The largest absolute Gasteiger partial charge is 0.347 e. The molecule has 0 radical (unpaired) electrons. The minimum absolute atomic E-state index is 0.162. The van der Waals surface area contributed by atoms with Crippen molar-refractivity contribution in [1.29, 1.82) is 0 Å². The normalized spacial score (nSPS) is 10.7. The topological polar surface area (TPSA) is 57.8 Å². The molecule has 1 amide bonds. The van der Waals surface area contributed by atoms with Crippen LogP contribution in [-0.2, 0) is 11.3 Å². The van der Waals surface area contributed by atoms with Crippen molar-refractivity contribution in [2.75, 3.05) is 0 Å². The molecule has 0 unspecified atom stereocenters. The van der Waals surface area contributed by atoms with Crippen molar-refractivity contribution in [2.45, 2.75) is 6.54 Å². The number of rotatable bonds is 4. The zero-order chi connectivity index (χ0) is 12.8. The molecule has 92 valence electrons. The molecule has 2 aromatic rings. The summed E-state index contributed by atoms with van der Waals surface area (Å²) < 4.78 is 0. The SMILES string of the molecule is O=C(/C=C/c1cccc(Cl)c1)NCc1ccn[nH]1. The van der Waals surface area contributed by atoms with E-state index in [4.69, 9.17) is 11.6 Å². The van der Waals surface area contributed by atoms with E-state index in [-0.39, 0.29) is 5.91 Å². The number of H-pyrrole nitrogens is 1. The lowest BCUT2D eigenvalue weighted by molar-refractivity contribution is -0.116. The van der Waals surface area contributed by atoms with Crippen molar-refractivity contribution in [2.24, 2.45) is 0 Å². The van der Waals surface area contributed by atoms with Gasteiger partial charge < -0.3 is 5.32 Å². The third kappa shape index (κ3) is 3.75. The minimum atomic E-state index is -0.162. The third-order valence-corrected chi connectivity index (χ3v) is 2.52. The van der Waals surface area contributed by atoms with E-state index in [2.05, 4.69) is 15.5 Å². The van der Waals surface area contributed by atoms with Crippen LogP contribution < -0.4 is 5.32 Å². The quantitative estimate of drug-likeness (QED) is 0.831. The summed E-state index contributed by atoms with van der Waals surface area (Å²) in [5.74, 6) is -0.162. The molecule has 0 aliphatic carbocycles. The molecule has 0 spiro atoms. The Morgan fingerprint density at radius 3 is 3.06 bits per heavy atom. The lowest BCUT2D eigenvalue weighted by Gasteiger charge is -1.99. The Morgan fingerprint density at radius 2 is 2.33 bits per heavy atom. The molecule has 0 atom stereocenters. The van der Waals surface area contributed by atoms with Crippen molar-refractivity contribution in [3.8, 4) is 0 Å². The molecule has 0 saturated heterocycles. The van der Waals surface area contributed by atoms with Crippen molar-refractivity contribution in [3.63, 3.8) is 0 Å². The molecule has 0 fully saturated rings. The molecule has 0 aliphatic rings. The van der Waals surface area contributed by atoms with Gasteiger partial charge in [0.2, 0.25) is 5.91 Å². The second-order valence-electron chi connectivity index (χ2n) is 3.69. The van der Waals surface area contributed by atoms with Gasteiger partial charge in [-0.3, -0.25) is 9.89 Å². The smallest absolute Gasteiger partial charge is 0.244 e. The molecule has 0 saturated carbocycles. The van der Waals surface area contributed by atoms with Crippen molar-refractivity contribution < 1.29 is 4.79 Å². The first kappa shape index (κ1) is 12.4. The monoisotopic (exact) mass is 261 g/mol. The summed E-state index contributed by atoms with van der Waals surface area (Å²) >= 11 is 5.84. The number of aromatic amines is 1. The van der Waals surface area contributed by atoms with Gasteiger partial charge in [0.05, 0.1) is 12.2 Å². The van der Waals surface area contributed by atoms with E-state index in [1.807, 2.05) is 12.1 Å². The van der Waals surface area contributed by atoms with Crippen molar-refractivity contribution in [1.82, 2.24) is 15.5 Å². The van der Waals surface area contributed by atoms with Gasteiger partial charge in [-0.2, -0.15) is 5.10 Å². The Labute approximate surface area is 110 Å². The van der Waals surface area contributed by atoms with E-state index in [0.29, 0.717) is 11.6 Å². The van der Waals surface area contributed by atoms with E-state index in [1.165, 1.54) is 6.08 Å². The zero-order valence-corrected chi connectivity index (χ0v) is 10.3. The molecular weight excluding hydrogens is 250 g/mol. The van der Waals surface area contributed by atoms with Crippen LogP contribution in [0.15, 0.2) is 42.6 Å². The summed E-state index contributed by atoms with van der Waals surface area (Å²) in [6.07, 6.45) is 4.83. The lowest BCUT2D eigenvalue weighted by Crippen LogP contribution is -2.20. The van der Waals surface area contributed by atoms with E-state index < -0.39 is 0 Å². The molecule has 1 aromatic carbocycles. The molecule has 2 rings (SSSR count). The van der Waals surface area contributed by atoms with Crippen LogP contribution in [0.4, 0.5) is 0 Å². The number of hydrogen-bond acceptors (Lipinski definition) is 2. The predicted molar refractivity (Wildman–Crippen MR) is 70.9 cm³/mol. The van der Waals surface area contributed by atoms with Crippen LogP contribution in [0.25, 0.3) is 6.08 Å². The molecule has 0 bridgehead atoms. The number of benzene rings is 1. The number of nitrogens with zero attached hydrogens (tertiary/aromatic N) is 1. The lowest BCUT2D eigenvalue weighted by atomic mass is 10.2. The first-order valence-electron chi connectivity index (χ1n) is 5.44. The van der Waals surface area contributed by atoms with Gasteiger partial charge in [-0.25, -0.2) is 0 Å². The summed E-state index contributed by atoms with van der Waals surface area (Å²) in [4.78, 5) is 11.5. The van der Waals surface area contributed by atoms with Crippen LogP contribution >= 0.6 is 11.6 Å². The van der Waals surface area contributed by atoms with E-state index in [0.717, 1.165) is 11.3 Å². The van der Waals surface area contributed by atoms with Gasteiger partial charge in [0.25, 0.3) is 0 Å². The maximum atomic E-state index is 11.5. The van der Waals surface area contributed by atoms with Crippen LogP contribution in [-0.4, -0.2) is 16.1 Å². The fraction of sp³-hybridized carbons (Fsp3) is 0.0769. The van der Waals surface area contributed by atoms with Crippen LogP contribution in [0, 0.1) is 0 Å². The minimum Gasteiger partial charge on any atom is -0.347 e. The summed E-state index contributed by atoms with van der Waals surface area (Å²) in [5.41, 5.74) is 1.75. The van der Waals surface area contributed by atoms with Gasteiger partial charge in [-0.1, -0.05) is 23.7 Å². The van der Waals surface area contributed by atoms with Crippen LogP contribution in [0.5, 0.6) is 0 Å². The standard InChI is InChI=1S/C13H12ClN3O/c14-11-3-1-2-10(8-11)4-5-13(18)15-9-12-6-7-16-17-12/h1-8H,9H2,(H,15,18)(H,16,17)/b5-4+. The highest BCUT2D eigenvalue weighted by Gasteiger charge is 1.97. The first-order chi connectivity index (χ1) is 8.74.